The molecular formula is C16H36O8SSi2. The molecule has 0 radical (unpaired) electrons. The molecule has 0 amide bonds. The summed E-state index contributed by atoms with van der Waals surface area (Å²) in [5.74, 6) is 0.375. The summed E-state index contributed by atoms with van der Waals surface area (Å²) in [5, 5.41) is 0. The van der Waals surface area contributed by atoms with Crippen LogP contribution in [0.4, 0.5) is 0 Å². The van der Waals surface area contributed by atoms with Crippen LogP contribution in [0.25, 0.3) is 0 Å². The Labute approximate surface area is 171 Å². The van der Waals surface area contributed by atoms with E-state index in [1.54, 1.807) is 28.3 Å². The summed E-state index contributed by atoms with van der Waals surface area (Å²) in [7, 11) is 4.09. The lowest BCUT2D eigenvalue weighted by Gasteiger charge is -2.31. The van der Waals surface area contributed by atoms with Crippen molar-refractivity contribution in [1.29, 1.82) is 0 Å². The zero-order chi connectivity index (χ0) is 21.5. The van der Waals surface area contributed by atoms with E-state index in [-0.39, 0.29) is 0 Å². The summed E-state index contributed by atoms with van der Waals surface area (Å²) in [6, 6.07) is 0.833. The van der Waals surface area contributed by atoms with Crippen molar-refractivity contribution in [2.45, 2.75) is 38.5 Å². The summed E-state index contributed by atoms with van der Waals surface area (Å²) >= 11 is 4.10. The number of thiol groups is 1. The van der Waals surface area contributed by atoms with Crippen LogP contribution in [-0.4, -0.2) is 77.7 Å². The van der Waals surface area contributed by atoms with E-state index in [0.29, 0.717) is 12.0 Å². The first-order chi connectivity index (χ1) is 12.7. The van der Waals surface area contributed by atoms with Crippen LogP contribution in [0, 0.1) is 0 Å². The van der Waals surface area contributed by atoms with Crippen molar-refractivity contribution >= 4 is 36.2 Å². The molecule has 0 aliphatic heterocycles. The molecule has 0 N–H and O–H groups in total. The Morgan fingerprint density at radius 1 is 0.963 bits per heavy atom. The molecule has 0 saturated carbocycles. The van der Waals surface area contributed by atoms with Crippen LogP contribution in [0.3, 0.4) is 0 Å². The summed E-state index contributed by atoms with van der Waals surface area (Å²) < 4.78 is 36.6. The Balaban J connectivity index is 0. The average Bonchev–Trinajstić information content (AvgIpc) is 2.70. The smallest absolute Gasteiger partial charge is 0.454 e. The third-order valence-corrected chi connectivity index (χ3v) is 9.96. The highest BCUT2D eigenvalue weighted by Gasteiger charge is 2.49. The molecule has 0 saturated heterocycles. The Bertz CT molecular complexity index is 401. The lowest BCUT2D eigenvalue weighted by atomic mass is 10.4. The van der Waals surface area contributed by atoms with E-state index in [4.69, 9.17) is 31.3 Å². The normalized spacial score (nSPS) is 12.8. The van der Waals surface area contributed by atoms with Gasteiger partial charge >= 0.3 is 23.6 Å². The van der Waals surface area contributed by atoms with Crippen LogP contribution >= 0.6 is 12.6 Å². The van der Waals surface area contributed by atoms with E-state index in [1.165, 1.54) is 21.3 Å². The molecule has 8 nitrogen and oxygen atoms in total. The van der Waals surface area contributed by atoms with Gasteiger partial charge in [0.25, 0.3) is 0 Å². The average molecular weight is 445 g/mol. The van der Waals surface area contributed by atoms with E-state index >= 15 is 0 Å². The predicted octanol–water partition coefficient (Wildman–Crippen LogP) is 2.49. The van der Waals surface area contributed by atoms with Gasteiger partial charge in [0, 0.05) is 54.3 Å². The number of hydrogen-bond donors (Lipinski definition) is 1. The van der Waals surface area contributed by atoms with Gasteiger partial charge in [0.2, 0.25) is 0 Å². The fourth-order valence-electron chi connectivity index (χ4n) is 2.13. The van der Waals surface area contributed by atoms with E-state index in [1.807, 2.05) is 6.92 Å². The quantitative estimate of drug-likeness (QED) is 0.201. The number of carbonyl (C=O) groups excluding carboxylic acids is 1. The van der Waals surface area contributed by atoms with Crippen LogP contribution in [-0.2, 0) is 36.1 Å². The van der Waals surface area contributed by atoms with Crippen molar-refractivity contribution in [3.63, 3.8) is 0 Å². The molecule has 0 aliphatic carbocycles. The number of esters is 1. The summed E-state index contributed by atoms with van der Waals surface area (Å²) in [6.45, 7) is 6.98. The third kappa shape index (κ3) is 9.68. The predicted molar refractivity (Wildman–Crippen MR) is 112 cm³/mol. The maximum Gasteiger partial charge on any atom is 0.543 e. The number of rotatable bonds is 13. The Hall–Kier alpha value is -0.246. The van der Waals surface area contributed by atoms with Gasteiger partial charge < -0.3 is 31.3 Å². The van der Waals surface area contributed by atoms with Gasteiger partial charge in [0.15, 0.2) is 5.73 Å². The topological polar surface area (TPSA) is 81.7 Å². The van der Waals surface area contributed by atoms with Gasteiger partial charge in [-0.05, 0) is 25.5 Å². The fraction of sp³-hybridized carbons (Fsp3) is 0.812. The van der Waals surface area contributed by atoms with Gasteiger partial charge in [-0.15, -0.1) is 0 Å². The molecule has 11 heteroatoms. The fourth-order valence-corrected chi connectivity index (χ4v) is 6.35. The van der Waals surface area contributed by atoms with Gasteiger partial charge in [-0.2, -0.15) is 12.6 Å². The minimum Gasteiger partial charge on any atom is -0.454 e. The minimum atomic E-state index is -2.94. The molecule has 27 heavy (non-hydrogen) atoms. The molecule has 0 heterocycles. The van der Waals surface area contributed by atoms with Crippen LogP contribution in [0.5, 0.6) is 0 Å². The first kappa shape index (κ1) is 29.0. The summed E-state index contributed by atoms with van der Waals surface area (Å²) in [4.78, 5) is 11.4. The Kier molecular flexibility index (Phi) is 16.8. The molecule has 1 atom stereocenters. The van der Waals surface area contributed by atoms with Crippen molar-refractivity contribution in [3.05, 3.63) is 12.2 Å². The first-order valence-electron chi connectivity index (χ1n) is 8.50. The Morgan fingerprint density at radius 2 is 1.41 bits per heavy atom. The van der Waals surface area contributed by atoms with Crippen molar-refractivity contribution in [3.8, 4) is 0 Å². The monoisotopic (exact) mass is 444 g/mol. The van der Waals surface area contributed by atoms with Gasteiger partial charge in [0.05, 0.1) is 0 Å². The van der Waals surface area contributed by atoms with Crippen LogP contribution in [0.2, 0.25) is 6.04 Å². The molecule has 0 spiro atoms. The lowest BCUT2D eigenvalue weighted by molar-refractivity contribution is -0.143. The highest BCUT2D eigenvalue weighted by molar-refractivity contribution is 7.80. The number of ether oxygens (including phenoxy) is 1. The second-order valence-electron chi connectivity index (χ2n) is 5.42. The van der Waals surface area contributed by atoms with Crippen LogP contribution in [0.1, 0.15) is 26.7 Å². The van der Waals surface area contributed by atoms with Crippen LogP contribution < -0.4 is 0 Å². The maximum absolute atomic E-state index is 11.4. The maximum atomic E-state index is 11.4. The lowest BCUT2D eigenvalue weighted by Crippen LogP contribution is -2.56. The van der Waals surface area contributed by atoms with E-state index in [2.05, 4.69) is 19.2 Å². The molecule has 0 aromatic rings. The van der Waals surface area contributed by atoms with Crippen LogP contribution in [0.15, 0.2) is 12.2 Å². The first-order valence-corrected chi connectivity index (χ1v) is 12.9. The van der Waals surface area contributed by atoms with Gasteiger partial charge in [-0.3, -0.25) is 0 Å². The van der Waals surface area contributed by atoms with Gasteiger partial charge in [0.1, 0.15) is 0 Å². The minimum absolute atomic E-state index is 0.338. The molecule has 0 aromatic carbocycles. The third-order valence-electron chi connectivity index (χ3n) is 3.79. The number of hydrogen-bond acceptors (Lipinski definition) is 9. The van der Waals surface area contributed by atoms with Crippen molar-refractivity contribution in [2.75, 3.05) is 48.4 Å². The van der Waals surface area contributed by atoms with Crippen molar-refractivity contribution in [1.82, 2.24) is 0 Å². The molecule has 1 unspecified atom stereocenters. The Morgan fingerprint density at radius 3 is 1.67 bits per heavy atom. The molecular weight excluding hydrogens is 408 g/mol. The van der Waals surface area contributed by atoms with E-state index < -0.39 is 29.3 Å². The second-order valence-corrected chi connectivity index (χ2v) is 12.0. The molecule has 0 fully saturated rings. The zero-order valence-corrected chi connectivity index (χ0v) is 20.7. The van der Waals surface area contributed by atoms with E-state index in [0.717, 1.165) is 18.2 Å². The molecule has 0 rings (SSSR count). The molecule has 0 bridgehead atoms. The SMILES string of the molecule is C=C(C)C(=O)OC(CC)[Si](OC)(OC)OC.CO[Si](CCCS)(OC)OC. The van der Waals surface area contributed by atoms with E-state index in [9.17, 15) is 4.79 Å². The standard InChI is InChI=1S/C10H20O5Si.C6H16O3SSi/c1-7-9(15-10(11)8(2)3)16(12-4,13-5)14-6;1-7-11(8-2,9-3)6-4-5-10/h9H,2,7H2,1,3-6H3;10H,4-6H2,1-3H3. The summed E-state index contributed by atoms with van der Waals surface area (Å²) in [6.07, 6.45) is 1.52. The highest BCUT2D eigenvalue weighted by atomic mass is 32.1. The van der Waals surface area contributed by atoms with Gasteiger partial charge in [-0.1, -0.05) is 13.5 Å². The van der Waals surface area contributed by atoms with Gasteiger partial charge in [-0.25, -0.2) is 4.79 Å². The number of carbonyl (C=O) groups is 1. The largest absolute Gasteiger partial charge is 0.543 e. The molecule has 162 valence electrons. The molecule has 0 aromatic heterocycles. The second kappa shape index (κ2) is 15.7. The van der Waals surface area contributed by atoms with Crippen molar-refractivity contribution in [2.24, 2.45) is 0 Å². The summed E-state index contributed by atoms with van der Waals surface area (Å²) in [5.41, 5.74) is -0.179. The molecule has 0 aliphatic rings. The van der Waals surface area contributed by atoms with Crippen molar-refractivity contribution < 1.29 is 36.1 Å². The zero-order valence-electron chi connectivity index (χ0n) is 17.8. The highest BCUT2D eigenvalue weighted by Crippen LogP contribution is 2.19.